The van der Waals surface area contributed by atoms with Crippen molar-refractivity contribution >= 4 is 33.4 Å². The summed E-state index contributed by atoms with van der Waals surface area (Å²) in [6.45, 7) is 3.04. The summed E-state index contributed by atoms with van der Waals surface area (Å²) in [5, 5.41) is 2.60. The van der Waals surface area contributed by atoms with Crippen molar-refractivity contribution in [3.8, 4) is 0 Å². The predicted molar refractivity (Wildman–Crippen MR) is 73.2 cm³/mol. The van der Waals surface area contributed by atoms with Gasteiger partial charge in [0.1, 0.15) is 23.7 Å². The summed E-state index contributed by atoms with van der Waals surface area (Å²) in [7, 11) is 0. The third-order valence-corrected chi connectivity index (χ3v) is 4.03. The largest absolute Gasteiger partial charge is 0.340 e. The van der Waals surface area contributed by atoms with Crippen molar-refractivity contribution in [1.82, 2.24) is 5.32 Å². The first-order valence-corrected chi connectivity index (χ1v) is 6.85. The van der Waals surface area contributed by atoms with Gasteiger partial charge in [-0.15, -0.1) is 0 Å². The van der Waals surface area contributed by atoms with E-state index in [2.05, 4.69) is 21.2 Å². The highest BCUT2D eigenvalue weighted by Gasteiger charge is 2.42. The lowest BCUT2D eigenvalue weighted by Crippen LogP contribution is -2.65. The van der Waals surface area contributed by atoms with Crippen LogP contribution in [0.15, 0.2) is 16.6 Å². The SMILES string of the molecule is CCC1(C)NC(=O)CN(c2cc(Br)c(F)cc2F)C1=O. The summed E-state index contributed by atoms with van der Waals surface area (Å²) >= 11 is 2.95. The number of benzene rings is 1. The Hall–Kier alpha value is -1.50. The molecule has 0 saturated carbocycles. The minimum atomic E-state index is -1.08. The van der Waals surface area contributed by atoms with E-state index in [1.807, 2.05) is 0 Å². The summed E-state index contributed by atoms with van der Waals surface area (Å²) in [5.41, 5.74) is -1.19. The van der Waals surface area contributed by atoms with Crippen molar-refractivity contribution in [3.63, 3.8) is 0 Å². The molecule has 0 radical (unpaired) electrons. The van der Waals surface area contributed by atoms with Crippen LogP contribution in [0.3, 0.4) is 0 Å². The van der Waals surface area contributed by atoms with Crippen molar-refractivity contribution in [2.24, 2.45) is 0 Å². The lowest BCUT2D eigenvalue weighted by molar-refractivity contribution is -0.135. The van der Waals surface area contributed by atoms with E-state index in [4.69, 9.17) is 0 Å². The van der Waals surface area contributed by atoms with E-state index in [1.54, 1.807) is 13.8 Å². The molecule has 0 spiro atoms. The molecule has 1 N–H and O–H groups in total. The maximum atomic E-state index is 13.9. The molecular formula is C13H13BrF2N2O2. The van der Waals surface area contributed by atoms with Gasteiger partial charge < -0.3 is 5.32 Å². The van der Waals surface area contributed by atoms with Crippen LogP contribution in [0.1, 0.15) is 20.3 Å². The van der Waals surface area contributed by atoms with Gasteiger partial charge in [-0.05, 0) is 35.3 Å². The molecule has 1 aromatic carbocycles. The molecule has 1 unspecified atom stereocenters. The number of nitrogens with one attached hydrogen (secondary N) is 1. The van der Waals surface area contributed by atoms with Gasteiger partial charge in [0.2, 0.25) is 5.91 Å². The van der Waals surface area contributed by atoms with E-state index < -0.39 is 23.1 Å². The van der Waals surface area contributed by atoms with Gasteiger partial charge >= 0.3 is 0 Å². The fourth-order valence-electron chi connectivity index (χ4n) is 2.07. The lowest BCUT2D eigenvalue weighted by atomic mass is 9.94. The van der Waals surface area contributed by atoms with Crippen LogP contribution in [0, 0.1) is 11.6 Å². The molecule has 20 heavy (non-hydrogen) atoms. The molecule has 1 fully saturated rings. The van der Waals surface area contributed by atoms with E-state index in [0.29, 0.717) is 12.5 Å². The van der Waals surface area contributed by atoms with E-state index in [-0.39, 0.29) is 22.6 Å². The summed E-state index contributed by atoms with van der Waals surface area (Å²) in [5.74, 6) is -2.45. The Morgan fingerprint density at radius 1 is 1.35 bits per heavy atom. The Morgan fingerprint density at radius 2 is 2.00 bits per heavy atom. The van der Waals surface area contributed by atoms with Crippen molar-refractivity contribution in [3.05, 3.63) is 28.2 Å². The van der Waals surface area contributed by atoms with Gasteiger partial charge in [0.25, 0.3) is 5.91 Å². The fraction of sp³-hybridized carbons (Fsp3) is 0.385. The maximum Gasteiger partial charge on any atom is 0.253 e. The van der Waals surface area contributed by atoms with Crippen LogP contribution >= 0.6 is 15.9 Å². The van der Waals surface area contributed by atoms with Gasteiger partial charge in [-0.25, -0.2) is 8.78 Å². The van der Waals surface area contributed by atoms with E-state index >= 15 is 0 Å². The molecule has 2 amide bonds. The van der Waals surface area contributed by atoms with Gasteiger partial charge in [-0.3, -0.25) is 14.5 Å². The minimum absolute atomic E-state index is 0.0332. The smallest absolute Gasteiger partial charge is 0.253 e. The highest BCUT2D eigenvalue weighted by molar-refractivity contribution is 9.10. The number of piperazine rings is 1. The van der Waals surface area contributed by atoms with Crippen LogP contribution in [-0.2, 0) is 9.59 Å². The van der Waals surface area contributed by atoms with Crippen LogP contribution < -0.4 is 10.2 Å². The first-order chi connectivity index (χ1) is 9.28. The van der Waals surface area contributed by atoms with Gasteiger partial charge in [0.15, 0.2) is 0 Å². The molecule has 1 aliphatic rings. The number of rotatable bonds is 2. The standard InChI is InChI=1S/C13H13BrF2N2O2/c1-3-13(2)12(20)18(6-11(19)17-13)10-4-7(14)8(15)5-9(10)16/h4-5H,3,6H2,1-2H3,(H,17,19). The highest BCUT2D eigenvalue weighted by Crippen LogP contribution is 2.30. The molecule has 2 rings (SSSR count). The average Bonchev–Trinajstić information content (AvgIpc) is 2.38. The molecule has 0 aromatic heterocycles. The lowest BCUT2D eigenvalue weighted by Gasteiger charge is -2.39. The quantitative estimate of drug-likeness (QED) is 0.835. The van der Waals surface area contributed by atoms with Crippen molar-refractivity contribution in [2.75, 3.05) is 11.4 Å². The maximum absolute atomic E-state index is 13.9. The van der Waals surface area contributed by atoms with Crippen LogP contribution in [0.2, 0.25) is 0 Å². The molecule has 4 nitrogen and oxygen atoms in total. The Balaban J connectivity index is 2.49. The first-order valence-electron chi connectivity index (χ1n) is 6.06. The van der Waals surface area contributed by atoms with Gasteiger partial charge in [-0.2, -0.15) is 0 Å². The van der Waals surface area contributed by atoms with E-state index in [9.17, 15) is 18.4 Å². The third-order valence-electron chi connectivity index (χ3n) is 3.42. The Labute approximate surface area is 123 Å². The van der Waals surface area contributed by atoms with Crippen molar-refractivity contribution in [2.45, 2.75) is 25.8 Å². The van der Waals surface area contributed by atoms with E-state index in [0.717, 1.165) is 11.0 Å². The van der Waals surface area contributed by atoms with Crippen molar-refractivity contribution in [1.29, 1.82) is 0 Å². The molecule has 0 bridgehead atoms. The van der Waals surface area contributed by atoms with Crippen LogP contribution in [0.5, 0.6) is 0 Å². The molecule has 1 saturated heterocycles. The molecule has 1 heterocycles. The zero-order valence-corrected chi connectivity index (χ0v) is 12.6. The summed E-state index contributed by atoms with van der Waals surface area (Å²) in [6.07, 6.45) is 0.373. The predicted octanol–water partition coefficient (Wildman–Crippen LogP) is 2.36. The second kappa shape index (κ2) is 5.12. The zero-order chi connectivity index (χ0) is 15.1. The molecule has 0 aliphatic carbocycles. The monoisotopic (exact) mass is 346 g/mol. The molecule has 7 heteroatoms. The molecule has 1 atom stereocenters. The first kappa shape index (κ1) is 14.9. The molecular weight excluding hydrogens is 334 g/mol. The number of halogens is 3. The van der Waals surface area contributed by atoms with E-state index in [1.165, 1.54) is 0 Å². The van der Waals surface area contributed by atoms with Gasteiger partial charge in [0, 0.05) is 6.07 Å². The normalized spacial score (nSPS) is 22.9. The zero-order valence-electron chi connectivity index (χ0n) is 11.0. The Kier molecular flexibility index (Phi) is 3.82. The van der Waals surface area contributed by atoms with Crippen LogP contribution in [0.25, 0.3) is 0 Å². The Bertz CT molecular complexity index is 594. The summed E-state index contributed by atoms with van der Waals surface area (Å²) < 4.78 is 27.2. The topological polar surface area (TPSA) is 49.4 Å². The number of hydrogen-bond donors (Lipinski definition) is 1. The number of carbonyl (C=O) groups excluding carboxylic acids is 2. The number of amides is 2. The third kappa shape index (κ3) is 2.42. The van der Waals surface area contributed by atoms with Crippen molar-refractivity contribution < 1.29 is 18.4 Å². The minimum Gasteiger partial charge on any atom is -0.340 e. The number of carbonyl (C=O) groups is 2. The molecule has 1 aromatic rings. The van der Waals surface area contributed by atoms with Crippen LogP contribution in [0.4, 0.5) is 14.5 Å². The van der Waals surface area contributed by atoms with Gasteiger partial charge in [0.05, 0.1) is 10.2 Å². The summed E-state index contributed by atoms with van der Waals surface area (Å²) in [4.78, 5) is 25.2. The number of anilines is 1. The van der Waals surface area contributed by atoms with Crippen LogP contribution in [-0.4, -0.2) is 23.9 Å². The number of nitrogens with zero attached hydrogens (tertiary/aromatic N) is 1. The molecule has 108 valence electrons. The fourth-order valence-corrected chi connectivity index (χ4v) is 2.40. The average molecular weight is 347 g/mol. The number of hydrogen-bond acceptors (Lipinski definition) is 2. The van der Waals surface area contributed by atoms with Gasteiger partial charge in [-0.1, -0.05) is 6.92 Å². The second-order valence-corrected chi connectivity index (χ2v) is 5.70. The molecule has 1 aliphatic heterocycles. The highest BCUT2D eigenvalue weighted by atomic mass is 79.9. The Morgan fingerprint density at radius 3 is 2.60 bits per heavy atom. The summed E-state index contributed by atoms with van der Waals surface area (Å²) in [6, 6.07) is 1.85. The second-order valence-electron chi connectivity index (χ2n) is 4.84.